The quantitative estimate of drug-likeness (QED) is 0.858. The van der Waals surface area contributed by atoms with Crippen LogP contribution in [-0.4, -0.2) is 12.2 Å². The van der Waals surface area contributed by atoms with Gasteiger partial charge in [-0.2, -0.15) is 0 Å². The van der Waals surface area contributed by atoms with Crippen molar-refractivity contribution >= 4 is 0 Å². The van der Waals surface area contributed by atoms with Crippen LogP contribution in [-0.2, 0) is 0 Å². The first-order valence-corrected chi connectivity index (χ1v) is 5.25. The van der Waals surface area contributed by atoms with E-state index in [0.717, 1.165) is 11.1 Å². The Morgan fingerprint density at radius 2 is 1.71 bits per heavy atom. The highest BCUT2D eigenvalue weighted by atomic mass is 19.1. The van der Waals surface area contributed by atoms with Gasteiger partial charge in [0.1, 0.15) is 5.75 Å². The van der Waals surface area contributed by atoms with Crippen LogP contribution < -0.4 is 4.74 Å². The molecular weight excluding hydrogens is 219 g/mol. The Balaban J connectivity index is 2.46. The van der Waals surface area contributed by atoms with Crippen LogP contribution in [0.5, 0.6) is 11.5 Å². The predicted molar refractivity (Wildman–Crippen MR) is 64.8 cm³/mol. The topological polar surface area (TPSA) is 29.5 Å². The average Bonchev–Trinajstić information content (AvgIpc) is 2.32. The van der Waals surface area contributed by atoms with E-state index < -0.39 is 5.82 Å². The molecular formula is C14H13FO2. The molecule has 0 amide bonds. The summed E-state index contributed by atoms with van der Waals surface area (Å²) in [6.07, 6.45) is 0. The minimum Gasteiger partial charge on any atom is -0.508 e. The summed E-state index contributed by atoms with van der Waals surface area (Å²) in [5.74, 6) is 0.00822. The lowest BCUT2D eigenvalue weighted by atomic mass is 10.0. The summed E-state index contributed by atoms with van der Waals surface area (Å²) in [6.45, 7) is 1.81. The van der Waals surface area contributed by atoms with Crippen molar-refractivity contribution in [2.75, 3.05) is 7.11 Å². The van der Waals surface area contributed by atoms with Gasteiger partial charge in [0.15, 0.2) is 11.6 Å². The van der Waals surface area contributed by atoms with E-state index in [0.29, 0.717) is 5.56 Å². The van der Waals surface area contributed by atoms with E-state index in [-0.39, 0.29) is 11.5 Å². The molecule has 0 radical (unpaired) electrons. The Kier molecular flexibility index (Phi) is 3.00. The fraction of sp³-hybridized carbons (Fsp3) is 0.143. The van der Waals surface area contributed by atoms with Crippen LogP contribution in [0.25, 0.3) is 11.1 Å². The molecule has 0 aliphatic carbocycles. The third kappa shape index (κ3) is 2.23. The highest BCUT2D eigenvalue weighted by Gasteiger charge is 2.06. The molecule has 2 aromatic carbocycles. The molecule has 0 saturated carbocycles. The van der Waals surface area contributed by atoms with Crippen molar-refractivity contribution < 1.29 is 14.2 Å². The molecule has 0 heterocycles. The lowest BCUT2D eigenvalue weighted by Gasteiger charge is -2.07. The van der Waals surface area contributed by atoms with E-state index in [1.54, 1.807) is 24.3 Å². The third-order valence-corrected chi connectivity index (χ3v) is 2.69. The molecule has 0 atom stereocenters. The summed E-state index contributed by atoms with van der Waals surface area (Å²) in [7, 11) is 1.43. The number of phenols is 1. The lowest BCUT2D eigenvalue weighted by molar-refractivity contribution is 0.386. The largest absolute Gasteiger partial charge is 0.508 e. The number of hydrogen-bond acceptors (Lipinski definition) is 2. The second kappa shape index (κ2) is 4.45. The van der Waals surface area contributed by atoms with Gasteiger partial charge in [0, 0.05) is 0 Å². The number of ether oxygens (including phenoxy) is 1. The molecule has 0 bridgehead atoms. The third-order valence-electron chi connectivity index (χ3n) is 2.69. The van der Waals surface area contributed by atoms with E-state index in [9.17, 15) is 9.50 Å². The number of hydrogen-bond donors (Lipinski definition) is 1. The van der Waals surface area contributed by atoms with Gasteiger partial charge in [0.2, 0.25) is 0 Å². The normalized spacial score (nSPS) is 10.3. The fourth-order valence-corrected chi connectivity index (χ4v) is 1.63. The zero-order valence-electron chi connectivity index (χ0n) is 9.70. The van der Waals surface area contributed by atoms with Gasteiger partial charge in [-0.15, -0.1) is 0 Å². The zero-order valence-corrected chi connectivity index (χ0v) is 9.70. The molecule has 2 nitrogen and oxygen atoms in total. The molecule has 0 aliphatic rings. The molecule has 3 heteroatoms. The summed E-state index contributed by atoms with van der Waals surface area (Å²) < 4.78 is 18.4. The SMILES string of the molecule is COc1ccc(-c2ccc(C)c(O)c2)cc1F. The smallest absolute Gasteiger partial charge is 0.165 e. The standard InChI is InChI=1S/C14H13FO2/c1-9-3-4-11(8-13(9)16)10-5-6-14(17-2)12(15)7-10/h3-8,16H,1-2H3. The van der Waals surface area contributed by atoms with E-state index >= 15 is 0 Å². The number of benzene rings is 2. The van der Waals surface area contributed by atoms with Gasteiger partial charge in [-0.1, -0.05) is 18.2 Å². The molecule has 17 heavy (non-hydrogen) atoms. The summed E-state index contributed by atoms with van der Waals surface area (Å²) in [5, 5.41) is 9.61. The number of methoxy groups -OCH3 is 1. The first-order valence-electron chi connectivity index (χ1n) is 5.25. The van der Waals surface area contributed by atoms with E-state index in [1.807, 2.05) is 13.0 Å². The van der Waals surface area contributed by atoms with Crippen molar-refractivity contribution in [1.29, 1.82) is 0 Å². The fourth-order valence-electron chi connectivity index (χ4n) is 1.63. The number of aromatic hydroxyl groups is 1. The number of rotatable bonds is 2. The van der Waals surface area contributed by atoms with Crippen LogP contribution in [0.4, 0.5) is 4.39 Å². The summed E-state index contributed by atoms with van der Waals surface area (Å²) in [4.78, 5) is 0. The monoisotopic (exact) mass is 232 g/mol. The Bertz CT molecular complexity index is 550. The lowest BCUT2D eigenvalue weighted by Crippen LogP contribution is -1.88. The van der Waals surface area contributed by atoms with E-state index in [4.69, 9.17) is 4.74 Å². The van der Waals surface area contributed by atoms with E-state index in [2.05, 4.69) is 0 Å². The van der Waals surface area contributed by atoms with Crippen LogP contribution in [0.15, 0.2) is 36.4 Å². The molecule has 88 valence electrons. The van der Waals surface area contributed by atoms with Crippen LogP contribution >= 0.6 is 0 Å². The molecule has 2 aromatic rings. The molecule has 0 fully saturated rings. The first-order chi connectivity index (χ1) is 8.11. The highest BCUT2D eigenvalue weighted by Crippen LogP contribution is 2.28. The minimum absolute atomic E-state index is 0.207. The number of aryl methyl sites for hydroxylation is 1. The van der Waals surface area contributed by atoms with Crippen molar-refractivity contribution in [1.82, 2.24) is 0 Å². The van der Waals surface area contributed by atoms with Crippen LogP contribution in [0, 0.1) is 12.7 Å². The van der Waals surface area contributed by atoms with Crippen molar-refractivity contribution in [3.8, 4) is 22.6 Å². The van der Waals surface area contributed by atoms with E-state index in [1.165, 1.54) is 13.2 Å². The molecule has 1 N–H and O–H groups in total. The van der Waals surface area contributed by atoms with Gasteiger partial charge in [-0.25, -0.2) is 4.39 Å². The summed E-state index contributed by atoms with van der Waals surface area (Å²) in [5.41, 5.74) is 2.27. The maximum absolute atomic E-state index is 13.5. The molecule has 2 rings (SSSR count). The van der Waals surface area contributed by atoms with Crippen molar-refractivity contribution in [3.05, 3.63) is 47.8 Å². The molecule has 0 aromatic heterocycles. The zero-order chi connectivity index (χ0) is 12.4. The van der Waals surface area contributed by atoms with Gasteiger partial charge < -0.3 is 9.84 Å². The van der Waals surface area contributed by atoms with Crippen LogP contribution in [0.3, 0.4) is 0 Å². The maximum Gasteiger partial charge on any atom is 0.165 e. The Hall–Kier alpha value is -2.03. The number of halogens is 1. The Morgan fingerprint density at radius 1 is 1.06 bits per heavy atom. The molecule has 0 spiro atoms. The minimum atomic E-state index is -0.412. The van der Waals surface area contributed by atoms with Gasteiger partial charge >= 0.3 is 0 Å². The average molecular weight is 232 g/mol. The van der Waals surface area contributed by atoms with Gasteiger partial charge in [0.05, 0.1) is 7.11 Å². The van der Waals surface area contributed by atoms with Crippen molar-refractivity contribution in [3.63, 3.8) is 0 Å². The van der Waals surface area contributed by atoms with Crippen LogP contribution in [0.1, 0.15) is 5.56 Å². The summed E-state index contributed by atoms with van der Waals surface area (Å²) in [6, 6.07) is 9.98. The molecule has 0 aliphatic heterocycles. The van der Waals surface area contributed by atoms with Gasteiger partial charge in [0.25, 0.3) is 0 Å². The summed E-state index contributed by atoms with van der Waals surface area (Å²) >= 11 is 0. The molecule has 0 saturated heterocycles. The first kappa shape index (κ1) is 11.5. The predicted octanol–water partition coefficient (Wildman–Crippen LogP) is 3.52. The van der Waals surface area contributed by atoms with Crippen LogP contribution in [0.2, 0.25) is 0 Å². The van der Waals surface area contributed by atoms with Gasteiger partial charge in [-0.3, -0.25) is 0 Å². The van der Waals surface area contributed by atoms with Crippen molar-refractivity contribution in [2.45, 2.75) is 6.92 Å². The second-order valence-electron chi connectivity index (χ2n) is 3.85. The Morgan fingerprint density at radius 3 is 2.29 bits per heavy atom. The highest BCUT2D eigenvalue weighted by molar-refractivity contribution is 5.66. The second-order valence-corrected chi connectivity index (χ2v) is 3.85. The van der Waals surface area contributed by atoms with Gasteiger partial charge in [-0.05, 0) is 41.8 Å². The maximum atomic E-state index is 13.5. The Labute approximate surface area is 99.3 Å². The molecule has 0 unspecified atom stereocenters. The van der Waals surface area contributed by atoms with Crippen molar-refractivity contribution in [2.24, 2.45) is 0 Å². The number of phenolic OH excluding ortho intramolecular Hbond substituents is 1.